The molecule has 5 heteroatoms. The second-order valence-corrected chi connectivity index (χ2v) is 2.57. The lowest BCUT2D eigenvalue weighted by Crippen LogP contribution is -2.22. The van der Waals surface area contributed by atoms with E-state index in [4.69, 9.17) is 10.2 Å². The highest BCUT2D eigenvalue weighted by molar-refractivity contribution is 5.94. The third kappa shape index (κ3) is 1.10. The van der Waals surface area contributed by atoms with E-state index >= 15 is 0 Å². The summed E-state index contributed by atoms with van der Waals surface area (Å²) in [6.45, 7) is 0. The van der Waals surface area contributed by atoms with E-state index in [1.165, 1.54) is 12.3 Å². The SMILES string of the molecule is NC(=O)c1cc2occc2[nH]c1=O. The Bertz CT molecular complexity index is 523. The molecule has 2 aromatic rings. The molecule has 0 spiro atoms. The molecule has 0 saturated carbocycles. The van der Waals surface area contributed by atoms with E-state index in [1.54, 1.807) is 6.07 Å². The zero-order valence-corrected chi connectivity index (χ0v) is 6.53. The van der Waals surface area contributed by atoms with Crippen LogP contribution in [-0.2, 0) is 0 Å². The van der Waals surface area contributed by atoms with Gasteiger partial charge < -0.3 is 15.1 Å². The molecular weight excluding hydrogens is 172 g/mol. The fourth-order valence-electron chi connectivity index (χ4n) is 1.11. The van der Waals surface area contributed by atoms with Gasteiger partial charge in [-0.25, -0.2) is 0 Å². The summed E-state index contributed by atoms with van der Waals surface area (Å²) < 4.78 is 4.99. The van der Waals surface area contributed by atoms with Crippen LogP contribution in [0.15, 0.2) is 27.6 Å². The summed E-state index contributed by atoms with van der Waals surface area (Å²) in [5.74, 6) is -0.764. The number of nitrogens with two attached hydrogens (primary N) is 1. The summed E-state index contributed by atoms with van der Waals surface area (Å²) in [6, 6.07) is 2.93. The van der Waals surface area contributed by atoms with Gasteiger partial charge in [-0.1, -0.05) is 0 Å². The molecule has 0 atom stereocenters. The van der Waals surface area contributed by atoms with Gasteiger partial charge in [-0.05, 0) is 0 Å². The largest absolute Gasteiger partial charge is 0.463 e. The van der Waals surface area contributed by atoms with Crippen LogP contribution >= 0.6 is 0 Å². The first-order chi connectivity index (χ1) is 6.18. The molecule has 0 aliphatic carbocycles. The van der Waals surface area contributed by atoms with Crippen LogP contribution in [0.2, 0.25) is 0 Å². The number of H-pyrrole nitrogens is 1. The summed E-state index contributed by atoms with van der Waals surface area (Å²) in [5, 5.41) is 0. The van der Waals surface area contributed by atoms with Crippen LogP contribution in [0.3, 0.4) is 0 Å². The summed E-state index contributed by atoms with van der Waals surface area (Å²) in [5.41, 5.74) is 5.37. The number of aromatic nitrogens is 1. The zero-order valence-electron chi connectivity index (χ0n) is 6.53. The van der Waals surface area contributed by atoms with Crippen molar-refractivity contribution in [2.45, 2.75) is 0 Å². The van der Waals surface area contributed by atoms with E-state index in [1.807, 2.05) is 0 Å². The third-order valence-corrected chi connectivity index (χ3v) is 1.73. The van der Waals surface area contributed by atoms with Crippen molar-refractivity contribution in [2.24, 2.45) is 5.73 Å². The third-order valence-electron chi connectivity index (χ3n) is 1.73. The van der Waals surface area contributed by atoms with Gasteiger partial charge in [0.2, 0.25) is 0 Å². The number of hydrogen-bond donors (Lipinski definition) is 2. The van der Waals surface area contributed by atoms with Gasteiger partial charge in [-0.15, -0.1) is 0 Å². The minimum Gasteiger partial charge on any atom is -0.463 e. The van der Waals surface area contributed by atoms with E-state index < -0.39 is 11.5 Å². The number of fused-ring (bicyclic) bond motifs is 1. The average molecular weight is 178 g/mol. The fourth-order valence-corrected chi connectivity index (χ4v) is 1.11. The van der Waals surface area contributed by atoms with Gasteiger partial charge in [0, 0.05) is 12.1 Å². The van der Waals surface area contributed by atoms with Crippen LogP contribution in [0.25, 0.3) is 11.1 Å². The van der Waals surface area contributed by atoms with Crippen molar-refractivity contribution in [3.63, 3.8) is 0 Å². The highest BCUT2D eigenvalue weighted by atomic mass is 16.3. The van der Waals surface area contributed by atoms with Gasteiger partial charge in [0.05, 0.1) is 11.8 Å². The molecule has 0 aliphatic heterocycles. The standard InChI is InChI=1S/C8H6N2O3/c9-7(11)4-3-6-5(1-2-13-6)10-8(4)12/h1-3H,(H2,9,11)(H,10,12). The maximum Gasteiger partial charge on any atom is 0.261 e. The van der Waals surface area contributed by atoms with Crippen molar-refractivity contribution in [1.29, 1.82) is 0 Å². The fraction of sp³-hybridized carbons (Fsp3) is 0. The molecule has 13 heavy (non-hydrogen) atoms. The molecular formula is C8H6N2O3. The highest BCUT2D eigenvalue weighted by Gasteiger charge is 2.08. The summed E-state index contributed by atoms with van der Waals surface area (Å²) in [6.07, 6.45) is 1.42. The van der Waals surface area contributed by atoms with Gasteiger partial charge >= 0.3 is 0 Å². The van der Waals surface area contributed by atoms with Gasteiger partial charge in [0.1, 0.15) is 5.56 Å². The zero-order chi connectivity index (χ0) is 9.42. The van der Waals surface area contributed by atoms with Gasteiger partial charge in [0.25, 0.3) is 11.5 Å². The monoisotopic (exact) mass is 178 g/mol. The Labute approximate surface area is 72.2 Å². The molecule has 0 aromatic carbocycles. The molecule has 1 amide bonds. The number of carbonyl (C=O) groups is 1. The second-order valence-electron chi connectivity index (χ2n) is 2.57. The van der Waals surface area contributed by atoms with Crippen molar-refractivity contribution in [2.75, 3.05) is 0 Å². The van der Waals surface area contributed by atoms with Crippen molar-refractivity contribution in [3.8, 4) is 0 Å². The first-order valence-corrected chi connectivity index (χ1v) is 3.59. The van der Waals surface area contributed by atoms with E-state index in [0.29, 0.717) is 11.1 Å². The molecule has 0 bridgehead atoms. The smallest absolute Gasteiger partial charge is 0.261 e. The molecule has 0 unspecified atom stereocenters. The van der Waals surface area contributed by atoms with Crippen LogP contribution in [-0.4, -0.2) is 10.9 Å². The number of carbonyl (C=O) groups excluding carboxylic acids is 1. The van der Waals surface area contributed by atoms with Crippen molar-refractivity contribution in [3.05, 3.63) is 34.3 Å². The summed E-state index contributed by atoms with van der Waals surface area (Å²) >= 11 is 0. The number of rotatable bonds is 1. The second kappa shape index (κ2) is 2.48. The molecule has 2 heterocycles. The van der Waals surface area contributed by atoms with Crippen LogP contribution in [0.5, 0.6) is 0 Å². The Kier molecular flexibility index (Phi) is 1.45. The molecule has 3 N–H and O–H groups in total. The summed E-state index contributed by atoms with van der Waals surface area (Å²) in [4.78, 5) is 24.4. The Morgan fingerprint density at radius 1 is 1.54 bits per heavy atom. The number of pyridine rings is 1. The molecule has 0 fully saturated rings. The molecule has 2 rings (SSSR count). The van der Waals surface area contributed by atoms with Crippen LogP contribution in [0, 0.1) is 0 Å². The van der Waals surface area contributed by atoms with Crippen molar-refractivity contribution < 1.29 is 9.21 Å². The first-order valence-electron chi connectivity index (χ1n) is 3.59. The van der Waals surface area contributed by atoms with E-state index in [2.05, 4.69) is 4.98 Å². The molecule has 2 aromatic heterocycles. The van der Waals surface area contributed by atoms with Crippen LogP contribution < -0.4 is 11.3 Å². The lowest BCUT2D eigenvalue weighted by atomic mass is 10.2. The van der Waals surface area contributed by atoms with Crippen LogP contribution in [0.1, 0.15) is 10.4 Å². The quantitative estimate of drug-likeness (QED) is 0.654. The topological polar surface area (TPSA) is 89.1 Å². The first kappa shape index (κ1) is 7.60. The molecule has 0 saturated heterocycles. The lowest BCUT2D eigenvalue weighted by molar-refractivity contribution is 0.0999. The number of amides is 1. The normalized spacial score (nSPS) is 10.5. The van der Waals surface area contributed by atoms with Gasteiger partial charge in [-0.2, -0.15) is 0 Å². The predicted molar refractivity (Wildman–Crippen MR) is 45.4 cm³/mol. The Balaban J connectivity index is 2.84. The van der Waals surface area contributed by atoms with Crippen molar-refractivity contribution in [1.82, 2.24) is 4.98 Å². The number of nitrogens with one attached hydrogen (secondary N) is 1. The van der Waals surface area contributed by atoms with Gasteiger partial charge in [-0.3, -0.25) is 9.59 Å². The maximum atomic E-state index is 11.2. The minimum atomic E-state index is -0.764. The number of primary amides is 1. The number of hydrogen-bond acceptors (Lipinski definition) is 3. The lowest BCUT2D eigenvalue weighted by Gasteiger charge is -1.93. The number of aromatic amines is 1. The van der Waals surface area contributed by atoms with E-state index in [9.17, 15) is 9.59 Å². The Morgan fingerprint density at radius 2 is 2.31 bits per heavy atom. The molecule has 5 nitrogen and oxygen atoms in total. The predicted octanol–water partition coefficient (Wildman–Crippen LogP) is 0.220. The summed E-state index contributed by atoms with van der Waals surface area (Å²) in [7, 11) is 0. The van der Waals surface area contributed by atoms with Gasteiger partial charge in [0.15, 0.2) is 5.58 Å². The highest BCUT2D eigenvalue weighted by Crippen LogP contribution is 2.10. The van der Waals surface area contributed by atoms with E-state index in [0.717, 1.165) is 0 Å². The number of furan rings is 1. The van der Waals surface area contributed by atoms with Crippen LogP contribution in [0.4, 0.5) is 0 Å². The Hall–Kier alpha value is -2.04. The van der Waals surface area contributed by atoms with E-state index in [-0.39, 0.29) is 5.56 Å². The Morgan fingerprint density at radius 3 is 3.00 bits per heavy atom. The molecule has 0 aliphatic rings. The minimum absolute atomic E-state index is 0.0950. The molecule has 0 radical (unpaired) electrons. The van der Waals surface area contributed by atoms with Crippen molar-refractivity contribution >= 4 is 17.0 Å². The maximum absolute atomic E-state index is 11.2. The average Bonchev–Trinajstić information content (AvgIpc) is 2.48. The molecule has 66 valence electrons.